The van der Waals surface area contributed by atoms with Crippen LogP contribution in [0.2, 0.25) is 0 Å². The summed E-state index contributed by atoms with van der Waals surface area (Å²) in [6.07, 6.45) is -2.43. The Kier molecular flexibility index (Phi) is 5.81. The van der Waals surface area contributed by atoms with Gasteiger partial charge in [0.25, 0.3) is 5.91 Å². The minimum atomic E-state index is -4.58. The second-order valence-corrected chi connectivity index (χ2v) is 10.8. The molecule has 0 aliphatic carbocycles. The van der Waals surface area contributed by atoms with Crippen molar-refractivity contribution in [3.8, 4) is 5.75 Å². The van der Waals surface area contributed by atoms with Crippen LogP contribution in [0.25, 0.3) is 0 Å². The van der Waals surface area contributed by atoms with E-state index < -0.39 is 27.6 Å². The summed E-state index contributed by atoms with van der Waals surface area (Å²) in [6.45, 7) is 6.15. The number of pyridine rings is 1. The summed E-state index contributed by atoms with van der Waals surface area (Å²) in [6, 6.07) is 4.98. The van der Waals surface area contributed by atoms with Gasteiger partial charge in [-0.05, 0) is 40.8 Å². The smallest absolute Gasteiger partial charge is 0.433 e. The summed E-state index contributed by atoms with van der Waals surface area (Å²) in [5.41, 5.74) is -0.318. The number of alkyl halides is 3. The van der Waals surface area contributed by atoms with Gasteiger partial charge in [-0.2, -0.15) is 13.2 Å². The summed E-state index contributed by atoms with van der Waals surface area (Å²) >= 11 is 0. The maximum atomic E-state index is 13.2. The first-order valence-corrected chi connectivity index (χ1v) is 11.4. The van der Waals surface area contributed by atoms with Gasteiger partial charge in [0, 0.05) is 25.5 Å². The number of nitrogens with zero attached hydrogens (tertiary/aromatic N) is 2. The molecule has 2 heterocycles. The van der Waals surface area contributed by atoms with Crippen LogP contribution in [0.3, 0.4) is 0 Å². The van der Waals surface area contributed by atoms with Crippen molar-refractivity contribution in [2.75, 3.05) is 12.9 Å². The van der Waals surface area contributed by atoms with Crippen molar-refractivity contribution < 1.29 is 31.1 Å². The molecule has 1 amide bonds. The lowest BCUT2D eigenvalue weighted by molar-refractivity contribution is -0.141. The van der Waals surface area contributed by atoms with E-state index in [9.17, 15) is 26.4 Å². The minimum Gasteiger partial charge on any atom is -0.492 e. The molecule has 1 aliphatic heterocycles. The van der Waals surface area contributed by atoms with Gasteiger partial charge < -0.3 is 9.64 Å². The SMILES string of the molecule is CC(C)(C)COc1ccc(S(C)(=O)=O)cc1C(=O)N1Cc2cnc(C(F)(F)F)cc2C1. The van der Waals surface area contributed by atoms with Gasteiger partial charge in [0.2, 0.25) is 0 Å². The summed E-state index contributed by atoms with van der Waals surface area (Å²) < 4.78 is 68.6. The number of ether oxygens (including phenoxy) is 1. The first kappa shape index (κ1) is 23.1. The van der Waals surface area contributed by atoms with Crippen LogP contribution in [0.15, 0.2) is 35.4 Å². The quantitative estimate of drug-likeness (QED) is 0.693. The number of sulfone groups is 1. The first-order valence-electron chi connectivity index (χ1n) is 9.46. The monoisotopic (exact) mass is 456 g/mol. The van der Waals surface area contributed by atoms with Gasteiger partial charge in [0.15, 0.2) is 9.84 Å². The predicted molar refractivity (Wildman–Crippen MR) is 107 cm³/mol. The number of aromatic nitrogens is 1. The van der Waals surface area contributed by atoms with Crippen molar-refractivity contribution in [1.82, 2.24) is 9.88 Å². The van der Waals surface area contributed by atoms with Crippen LogP contribution < -0.4 is 4.74 Å². The molecule has 0 N–H and O–H groups in total. The fraction of sp³-hybridized carbons (Fsp3) is 0.429. The molecule has 6 nitrogen and oxygen atoms in total. The second-order valence-electron chi connectivity index (χ2n) is 8.78. The van der Waals surface area contributed by atoms with Crippen molar-refractivity contribution >= 4 is 15.7 Å². The topological polar surface area (TPSA) is 76.6 Å². The third-order valence-corrected chi connectivity index (χ3v) is 5.76. The summed E-state index contributed by atoms with van der Waals surface area (Å²) in [4.78, 5) is 18.0. The lowest BCUT2D eigenvalue weighted by Gasteiger charge is -2.22. The van der Waals surface area contributed by atoms with E-state index in [2.05, 4.69) is 4.98 Å². The largest absolute Gasteiger partial charge is 0.492 e. The number of fused-ring (bicyclic) bond motifs is 1. The van der Waals surface area contributed by atoms with Crippen LogP contribution in [0.1, 0.15) is 48.0 Å². The van der Waals surface area contributed by atoms with Crippen molar-refractivity contribution in [2.45, 2.75) is 44.9 Å². The van der Waals surface area contributed by atoms with Gasteiger partial charge in [0.1, 0.15) is 11.4 Å². The zero-order valence-electron chi connectivity index (χ0n) is 17.6. The molecule has 0 radical (unpaired) electrons. The van der Waals surface area contributed by atoms with Crippen molar-refractivity contribution in [3.63, 3.8) is 0 Å². The van der Waals surface area contributed by atoms with Crippen LogP contribution in [0, 0.1) is 5.41 Å². The number of carbonyl (C=O) groups is 1. The molecule has 0 spiro atoms. The summed E-state index contributed by atoms with van der Waals surface area (Å²) in [5.74, 6) is -0.309. The molecule has 0 atom stereocenters. The highest BCUT2D eigenvalue weighted by atomic mass is 32.2. The molecule has 0 unspecified atom stereocenters. The van der Waals surface area contributed by atoms with E-state index in [1.807, 2.05) is 20.8 Å². The number of hydrogen-bond acceptors (Lipinski definition) is 5. The normalized spacial score (nSPS) is 14.5. The highest BCUT2D eigenvalue weighted by Crippen LogP contribution is 2.33. The van der Waals surface area contributed by atoms with Crippen molar-refractivity contribution in [2.24, 2.45) is 5.41 Å². The Morgan fingerprint density at radius 3 is 2.35 bits per heavy atom. The Morgan fingerprint density at radius 1 is 1.13 bits per heavy atom. The van der Waals surface area contributed by atoms with Gasteiger partial charge >= 0.3 is 6.18 Å². The number of hydrogen-bond donors (Lipinski definition) is 0. The molecule has 0 fully saturated rings. The fourth-order valence-corrected chi connectivity index (χ4v) is 3.73. The van der Waals surface area contributed by atoms with Gasteiger partial charge in [-0.15, -0.1) is 0 Å². The van der Waals surface area contributed by atoms with Crippen molar-refractivity contribution in [3.05, 3.63) is 52.8 Å². The molecule has 1 aromatic heterocycles. The number of halogens is 3. The maximum Gasteiger partial charge on any atom is 0.433 e. The molecule has 10 heteroatoms. The van der Waals surface area contributed by atoms with E-state index in [1.165, 1.54) is 23.1 Å². The zero-order valence-corrected chi connectivity index (χ0v) is 18.4. The molecular weight excluding hydrogens is 433 g/mol. The van der Waals surface area contributed by atoms with Crippen LogP contribution in [0.5, 0.6) is 5.75 Å². The number of carbonyl (C=O) groups excluding carboxylic acids is 1. The molecule has 31 heavy (non-hydrogen) atoms. The fourth-order valence-electron chi connectivity index (χ4n) is 3.08. The molecule has 1 aliphatic rings. The van der Waals surface area contributed by atoms with E-state index in [-0.39, 0.29) is 41.3 Å². The maximum absolute atomic E-state index is 13.2. The Morgan fingerprint density at radius 2 is 1.77 bits per heavy atom. The minimum absolute atomic E-state index is 0.0401. The van der Waals surface area contributed by atoms with Crippen LogP contribution >= 0.6 is 0 Å². The Hall–Kier alpha value is -2.62. The molecule has 0 bridgehead atoms. The van der Waals surface area contributed by atoms with E-state index in [4.69, 9.17) is 4.74 Å². The van der Waals surface area contributed by atoms with E-state index in [0.29, 0.717) is 11.1 Å². The van der Waals surface area contributed by atoms with Gasteiger partial charge in [-0.1, -0.05) is 20.8 Å². The van der Waals surface area contributed by atoms with E-state index >= 15 is 0 Å². The molecule has 3 rings (SSSR count). The molecular formula is C21H23F3N2O4S. The first-order chi connectivity index (χ1) is 14.1. The average Bonchev–Trinajstić information content (AvgIpc) is 3.07. The number of amides is 1. The van der Waals surface area contributed by atoms with Gasteiger partial charge in [0.05, 0.1) is 17.1 Å². The number of benzene rings is 1. The zero-order chi connectivity index (χ0) is 23.2. The average molecular weight is 456 g/mol. The Balaban J connectivity index is 1.94. The third-order valence-electron chi connectivity index (χ3n) is 4.65. The molecule has 2 aromatic rings. The molecule has 1 aromatic carbocycles. The molecule has 0 saturated heterocycles. The highest BCUT2D eigenvalue weighted by Gasteiger charge is 2.35. The molecule has 0 saturated carbocycles. The van der Waals surface area contributed by atoms with E-state index in [0.717, 1.165) is 18.5 Å². The summed E-state index contributed by atoms with van der Waals surface area (Å²) in [7, 11) is -3.58. The van der Waals surface area contributed by atoms with Crippen LogP contribution in [0.4, 0.5) is 13.2 Å². The predicted octanol–water partition coefficient (Wildman–Crippen LogP) is 4.08. The standard InChI is InChI=1S/C21H23F3N2O4S/c1-20(2,3)12-30-17-6-5-15(31(4,28)29)8-16(17)19(27)26-10-13-7-18(21(22,23)24)25-9-14(13)11-26/h5-9H,10-12H2,1-4H3. The Labute approximate surface area is 179 Å². The van der Waals surface area contributed by atoms with E-state index in [1.54, 1.807) is 0 Å². The van der Waals surface area contributed by atoms with Gasteiger partial charge in [-0.3, -0.25) is 9.78 Å². The number of rotatable bonds is 4. The van der Waals surface area contributed by atoms with Crippen molar-refractivity contribution in [1.29, 1.82) is 0 Å². The lowest BCUT2D eigenvalue weighted by atomic mass is 9.98. The second kappa shape index (κ2) is 7.81. The summed E-state index contributed by atoms with van der Waals surface area (Å²) in [5, 5.41) is 0. The van der Waals surface area contributed by atoms with Crippen LogP contribution in [-0.4, -0.2) is 37.1 Å². The third kappa shape index (κ3) is 5.36. The highest BCUT2D eigenvalue weighted by molar-refractivity contribution is 7.90. The molecule has 168 valence electrons. The Bertz CT molecular complexity index is 1120. The van der Waals surface area contributed by atoms with Gasteiger partial charge in [-0.25, -0.2) is 8.42 Å². The lowest BCUT2D eigenvalue weighted by Crippen LogP contribution is -2.27. The van der Waals surface area contributed by atoms with Crippen LogP contribution in [-0.2, 0) is 29.1 Å².